The second kappa shape index (κ2) is 7.23. The third-order valence-corrected chi connectivity index (χ3v) is 4.86. The Morgan fingerprint density at radius 1 is 1.24 bits per heavy atom. The van der Waals surface area contributed by atoms with Crippen LogP contribution in [0.4, 0.5) is 0 Å². The summed E-state index contributed by atoms with van der Waals surface area (Å²) < 4.78 is 1.76. The number of carbonyl (C=O) groups is 1. The van der Waals surface area contributed by atoms with Gasteiger partial charge in [0.25, 0.3) is 5.91 Å². The molecule has 0 bridgehead atoms. The third kappa shape index (κ3) is 3.82. The van der Waals surface area contributed by atoms with E-state index in [-0.39, 0.29) is 5.91 Å². The molecular formula is C20H23N3OS. The highest BCUT2D eigenvalue weighted by molar-refractivity contribution is 7.13. The molecule has 1 N–H and O–H groups in total. The van der Waals surface area contributed by atoms with E-state index in [1.54, 1.807) is 16.0 Å². The fraction of sp³-hybridized carbons (Fsp3) is 0.300. The first-order valence-electron chi connectivity index (χ1n) is 8.45. The lowest BCUT2D eigenvalue weighted by Crippen LogP contribution is -2.29. The molecule has 25 heavy (non-hydrogen) atoms. The SMILES string of the molecule is Cc1ccc(-n2nc(-c3cccs3)cc2C(=O)NCC(C)C)c(C)c1. The third-order valence-electron chi connectivity index (χ3n) is 3.97. The molecule has 0 aliphatic carbocycles. The molecule has 0 aliphatic heterocycles. The van der Waals surface area contributed by atoms with Crippen molar-refractivity contribution in [1.82, 2.24) is 15.1 Å². The van der Waals surface area contributed by atoms with Crippen LogP contribution in [-0.2, 0) is 0 Å². The van der Waals surface area contributed by atoms with Gasteiger partial charge in [-0.15, -0.1) is 11.3 Å². The lowest BCUT2D eigenvalue weighted by atomic mass is 10.1. The zero-order valence-corrected chi connectivity index (χ0v) is 15.9. The number of nitrogens with zero attached hydrogens (tertiary/aromatic N) is 2. The Labute approximate surface area is 152 Å². The van der Waals surface area contributed by atoms with E-state index in [0.717, 1.165) is 21.8 Å². The highest BCUT2D eigenvalue weighted by Gasteiger charge is 2.19. The molecule has 1 amide bonds. The van der Waals surface area contributed by atoms with E-state index < -0.39 is 0 Å². The normalized spacial score (nSPS) is 11.1. The van der Waals surface area contributed by atoms with E-state index in [1.165, 1.54) is 5.56 Å². The molecule has 5 heteroatoms. The van der Waals surface area contributed by atoms with Crippen molar-refractivity contribution in [3.63, 3.8) is 0 Å². The number of nitrogens with one attached hydrogen (secondary N) is 1. The number of hydrogen-bond acceptors (Lipinski definition) is 3. The zero-order valence-electron chi connectivity index (χ0n) is 15.0. The van der Waals surface area contributed by atoms with Gasteiger partial charge in [-0.2, -0.15) is 5.10 Å². The first-order chi connectivity index (χ1) is 12.0. The van der Waals surface area contributed by atoms with E-state index >= 15 is 0 Å². The summed E-state index contributed by atoms with van der Waals surface area (Å²) in [5, 5.41) is 9.75. The Morgan fingerprint density at radius 3 is 2.68 bits per heavy atom. The fourth-order valence-corrected chi connectivity index (χ4v) is 3.38. The highest BCUT2D eigenvalue weighted by atomic mass is 32.1. The molecule has 0 aliphatic rings. The van der Waals surface area contributed by atoms with Crippen LogP contribution in [0.3, 0.4) is 0 Å². The standard InChI is InChI=1S/C20H23N3OS/c1-13(2)12-21-20(24)18-11-16(19-6-5-9-25-19)22-23(18)17-8-7-14(3)10-15(17)4/h5-11,13H,12H2,1-4H3,(H,21,24). The first-order valence-corrected chi connectivity index (χ1v) is 9.33. The molecule has 0 spiro atoms. The lowest BCUT2D eigenvalue weighted by Gasteiger charge is -2.12. The van der Waals surface area contributed by atoms with Crippen molar-refractivity contribution in [3.8, 4) is 16.3 Å². The summed E-state index contributed by atoms with van der Waals surface area (Å²) in [6, 6.07) is 12.1. The topological polar surface area (TPSA) is 46.9 Å². The van der Waals surface area contributed by atoms with Crippen LogP contribution in [0.1, 0.15) is 35.5 Å². The van der Waals surface area contributed by atoms with Gasteiger partial charge in [-0.05, 0) is 48.9 Å². The maximum atomic E-state index is 12.7. The van der Waals surface area contributed by atoms with Gasteiger partial charge in [0, 0.05) is 6.54 Å². The molecule has 1 aromatic carbocycles. The summed E-state index contributed by atoms with van der Waals surface area (Å²) in [6.45, 7) is 8.92. The van der Waals surface area contributed by atoms with Crippen molar-refractivity contribution in [2.45, 2.75) is 27.7 Å². The van der Waals surface area contributed by atoms with E-state index in [4.69, 9.17) is 5.10 Å². The van der Waals surface area contributed by atoms with Gasteiger partial charge in [0.2, 0.25) is 0 Å². The van der Waals surface area contributed by atoms with Gasteiger partial charge in [0.1, 0.15) is 11.4 Å². The monoisotopic (exact) mass is 353 g/mol. The minimum absolute atomic E-state index is 0.0935. The number of amides is 1. The van der Waals surface area contributed by atoms with Crippen molar-refractivity contribution >= 4 is 17.2 Å². The molecule has 0 saturated carbocycles. The smallest absolute Gasteiger partial charge is 0.270 e. The highest BCUT2D eigenvalue weighted by Crippen LogP contribution is 2.27. The number of aromatic nitrogens is 2. The van der Waals surface area contributed by atoms with Crippen LogP contribution in [0.5, 0.6) is 0 Å². The summed E-state index contributed by atoms with van der Waals surface area (Å²) in [5.74, 6) is 0.308. The Bertz CT molecular complexity index is 878. The van der Waals surface area contributed by atoms with Gasteiger partial charge in [-0.1, -0.05) is 37.6 Å². The van der Waals surface area contributed by atoms with Gasteiger partial charge < -0.3 is 5.32 Å². The van der Waals surface area contributed by atoms with Crippen LogP contribution in [0.2, 0.25) is 0 Å². The van der Waals surface area contributed by atoms with Crippen LogP contribution in [0.15, 0.2) is 41.8 Å². The van der Waals surface area contributed by atoms with Crippen LogP contribution < -0.4 is 5.32 Å². The van der Waals surface area contributed by atoms with Crippen LogP contribution in [-0.4, -0.2) is 22.2 Å². The molecule has 0 radical (unpaired) electrons. The van der Waals surface area contributed by atoms with Crippen molar-refractivity contribution in [3.05, 3.63) is 58.6 Å². The maximum Gasteiger partial charge on any atom is 0.270 e. The maximum absolute atomic E-state index is 12.7. The number of rotatable bonds is 5. The summed E-state index contributed by atoms with van der Waals surface area (Å²) in [4.78, 5) is 13.8. The fourth-order valence-electron chi connectivity index (χ4n) is 2.70. The quantitative estimate of drug-likeness (QED) is 0.728. The molecule has 0 atom stereocenters. The van der Waals surface area contributed by atoms with E-state index in [1.807, 2.05) is 42.6 Å². The molecule has 3 aromatic rings. The van der Waals surface area contributed by atoms with Gasteiger partial charge >= 0.3 is 0 Å². The zero-order chi connectivity index (χ0) is 18.0. The molecule has 0 unspecified atom stereocenters. The number of carbonyl (C=O) groups excluding carboxylic acids is 1. The van der Waals surface area contributed by atoms with Crippen molar-refractivity contribution in [1.29, 1.82) is 0 Å². The van der Waals surface area contributed by atoms with Crippen molar-refractivity contribution in [2.24, 2.45) is 5.92 Å². The van der Waals surface area contributed by atoms with Gasteiger partial charge in [-0.3, -0.25) is 4.79 Å². The molecule has 0 fully saturated rings. The summed E-state index contributed by atoms with van der Waals surface area (Å²) in [6.07, 6.45) is 0. The molecule has 2 heterocycles. The summed E-state index contributed by atoms with van der Waals surface area (Å²) in [5.41, 5.74) is 4.61. The minimum Gasteiger partial charge on any atom is -0.350 e. The van der Waals surface area contributed by atoms with Crippen molar-refractivity contribution < 1.29 is 4.79 Å². The second-order valence-electron chi connectivity index (χ2n) is 6.70. The number of aryl methyl sites for hydroxylation is 2. The average Bonchev–Trinajstić information content (AvgIpc) is 3.21. The lowest BCUT2D eigenvalue weighted by molar-refractivity contribution is 0.0941. The van der Waals surface area contributed by atoms with Crippen LogP contribution in [0, 0.1) is 19.8 Å². The Balaban J connectivity index is 2.07. The first kappa shape index (κ1) is 17.4. The molecule has 2 aromatic heterocycles. The van der Waals surface area contributed by atoms with Crippen molar-refractivity contribution in [2.75, 3.05) is 6.54 Å². The molecule has 0 saturated heterocycles. The van der Waals surface area contributed by atoms with Crippen LogP contribution in [0.25, 0.3) is 16.3 Å². The average molecular weight is 353 g/mol. The largest absolute Gasteiger partial charge is 0.350 e. The predicted octanol–water partition coefficient (Wildman–Crippen LogP) is 4.60. The number of thiophene rings is 1. The molecule has 3 rings (SSSR count). The Kier molecular flexibility index (Phi) is 5.04. The van der Waals surface area contributed by atoms with Gasteiger partial charge in [-0.25, -0.2) is 4.68 Å². The Morgan fingerprint density at radius 2 is 2.04 bits per heavy atom. The van der Waals surface area contributed by atoms with E-state index in [9.17, 15) is 4.79 Å². The molecule has 4 nitrogen and oxygen atoms in total. The predicted molar refractivity (Wildman–Crippen MR) is 104 cm³/mol. The van der Waals surface area contributed by atoms with E-state index in [2.05, 4.69) is 32.2 Å². The number of hydrogen-bond donors (Lipinski definition) is 1. The molecular weight excluding hydrogens is 330 g/mol. The summed E-state index contributed by atoms with van der Waals surface area (Å²) >= 11 is 1.62. The minimum atomic E-state index is -0.0935. The van der Waals surface area contributed by atoms with Crippen LogP contribution >= 0.6 is 11.3 Å². The Hall–Kier alpha value is -2.40. The van der Waals surface area contributed by atoms with Gasteiger partial charge in [0.15, 0.2) is 0 Å². The molecule has 130 valence electrons. The number of benzene rings is 1. The van der Waals surface area contributed by atoms with Gasteiger partial charge in [0.05, 0.1) is 10.6 Å². The van der Waals surface area contributed by atoms with E-state index in [0.29, 0.717) is 18.2 Å². The second-order valence-corrected chi connectivity index (χ2v) is 7.65. The summed E-state index contributed by atoms with van der Waals surface area (Å²) in [7, 11) is 0.